The molecular formula is C21H27N3O5S. The molecule has 2 aliphatic heterocycles. The van der Waals surface area contributed by atoms with Gasteiger partial charge in [-0.25, -0.2) is 4.98 Å². The normalized spacial score (nSPS) is 20.5. The number of hydrogen-bond donors (Lipinski definition) is 1. The molecule has 162 valence electrons. The van der Waals surface area contributed by atoms with Gasteiger partial charge in [0.15, 0.2) is 16.7 Å². The van der Waals surface area contributed by atoms with E-state index in [4.69, 9.17) is 13.9 Å². The number of nitrogens with one attached hydrogen (secondary N) is 1. The van der Waals surface area contributed by atoms with E-state index in [0.29, 0.717) is 54.1 Å². The van der Waals surface area contributed by atoms with Gasteiger partial charge < -0.3 is 19.2 Å². The maximum atomic E-state index is 13.1. The summed E-state index contributed by atoms with van der Waals surface area (Å²) in [6, 6.07) is 3.81. The summed E-state index contributed by atoms with van der Waals surface area (Å²) in [4.78, 5) is 33.0. The molecule has 30 heavy (non-hydrogen) atoms. The highest BCUT2D eigenvalue weighted by molar-refractivity contribution is 7.18. The number of amides is 1. The molecule has 0 aromatic carbocycles. The number of Topliss-reactive ketones (excluding diaryl/α,β-unsaturated/α-hetero) is 1. The van der Waals surface area contributed by atoms with Gasteiger partial charge in [0, 0.05) is 32.3 Å². The predicted octanol–water partition coefficient (Wildman–Crippen LogP) is 3.06. The summed E-state index contributed by atoms with van der Waals surface area (Å²) in [5.41, 5.74) is 0.496. The van der Waals surface area contributed by atoms with Gasteiger partial charge in [-0.2, -0.15) is 0 Å². The zero-order valence-electron chi connectivity index (χ0n) is 17.1. The number of ketones is 1. The average molecular weight is 434 g/mol. The van der Waals surface area contributed by atoms with Crippen molar-refractivity contribution in [2.24, 2.45) is 5.92 Å². The van der Waals surface area contributed by atoms with E-state index in [1.165, 1.54) is 11.3 Å². The molecular weight excluding hydrogens is 406 g/mol. The number of rotatable bonds is 8. The molecule has 2 aromatic heterocycles. The molecule has 1 N–H and O–H groups in total. The average Bonchev–Trinajstić information content (AvgIpc) is 3.50. The monoisotopic (exact) mass is 433 g/mol. The van der Waals surface area contributed by atoms with Crippen LogP contribution in [0.2, 0.25) is 0 Å². The molecule has 1 atom stereocenters. The van der Waals surface area contributed by atoms with Gasteiger partial charge in [-0.3, -0.25) is 14.5 Å². The second-order valence-corrected chi connectivity index (χ2v) is 8.69. The van der Waals surface area contributed by atoms with Crippen molar-refractivity contribution in [1.29, 1.82) is 0 Å². The topological polar surface area (TPSA) is 93.9 Å². The van der Waals surface area contributed by atoms with Crippen LogP contribution in [0.1, 0.15) is 35.4 Å². The quantitative estimate of drug-likeness (QED) is 0.640. The first-order valence-electron chi connectivity index (χ1n) is 10.3. The molecule has 2 fully saturated rings. The molecule has 0 saturated carbocycles. The van der Waals surface area contributed by atoms with Crippen molar-refractivity contribution in [1.82, 2.24) is 9.88 Å². The van der Waals surface area contributed by atoms with Crippen molar-refractivity contribution in [3.8, 4) is 11.5 Å². The fourth-order valence-electron chi connectivity index (χ4n) is 4.09. The van der Waals surface area contributed by atoms with Gasteiger partial charge in [0.1, 0.15) is 10.6 Å². The van der Waals surface area contributed by atoms with Crippen molar-refractivity contribution >= 4 is 28.2 Å². The molecule has 0 spiro atoms. The summed E-state index contributed by atoms with van der Waals surface area (Å²) in [7, 11) is 1.68. The SMILES string of the molecule is COC[C@@H]1CCCN1CC(=O)Nc1nc(-c2ccco2)c(C(=O)C2CCOCC2)s1. The minimum absolute atomic E-state index is 0.0439. The number of aromatic nitrogens is 1. The molecule has 4 rings (SSSR count). The van der Waals surface area contributed by atoms with Crippen molar-refractivity contribution < 1.29 is 23.5 Å². The van der Waals surface area contributed by atoms with E-state index in [-0.39, 0.29) is 30.2 Å². The summed E-state index contributed by atoms with van der Waals surface area (Å²) in [6.45, 7) is 2.97. The minimum Gasteiger partial charge on any atom is -0.463 e. The predicted molar refractivity (Wildman–Crippen MR) is 113 cm³/mol. The van der Waals surface area contributed by atoms with E-state index in [1.807, 2.05) is 0 Å². The lowest BCUT2D eigenvalue weighted by Crippen LogP contribution is -2.38. The van der Waals surface area contributed by atoms with Gasteiger partial charge in [0.25, 0.3) is 0 Å². The van der Waals surface area contributed by atoms with Crippen molar-refractivity contribution in [2.45, 2.75) is 31.7 Å². The number of likely N-dealkylation sites (tertiary alicyclic amines) is 1. The minimum atomic E-state index is -0.136. The molecule has 2 aliphatic rings. The smallest absolute Gasteiger partial charge is 0.240 e. The van der Waals surface area contributed by atoms with Gasteiger partial charge >= 0.3 is 0 Å². The second-order valence-electron chi connectivity index (χ2n) is 7.69. The highest BCUT2D eigenvalue weighted by Crippen LogP contribution is 2.35. The number of hydrogen-bond acceptors (Lipinski definition) is 8. The van der Waals surface area contributed by atoms with Crippen LogP contribution in [0.4, 0.5) is 5.13 Å². The van der Waals surface area contributed by atoms with Crippen LogP contribution in [0.3, 0.4) is 0 Å². The number of methoxy groups -OCH3 is 1. The lowest BCUT2D eigenvalue weighted by atomic mass is 9.94. The number of furan rings is 1. The van der Waals surface area contributed by atoms with Crippen molar-refractivity contribution in [3.05, 3.63) is 23.3 Å². The molecule has 2 saturated heterocycles. The largest absolute Gasteiger partial charge is 0.463 e. The molecule has 0 unspecified atom stereocenters. The Hall–Kier alpha value is -2.07. The van der Waals surface area contributed by atoms with Crippen LogP contribution in [0.5, 0.6) is 0 Å². The van der Waals surface area contributed by atoms with Gasteiger partial charge in [-0.1, -0.05) is 11.3 Å². The fraction of sp³-hybridized carbons (Fsp3) is 0.571. The van der Waals surface area contributed by atoms with Crippen LogP contribution in [0, 0.1) is 5.92 Å². The fourth-order valence-corrected chi connectivity index (χ4v) is 5.10. The standard InChI is InChI=1S/C21H27N3O5S/c1-27-13-15-4-2-8-24(15)12-17(25)22-21-23-18(16-5-3-9-29-16)20(30-21)19(26)14-6-10-28-11-7-14/h3,5,9,14-15H,2,4,6-8,10-13H2,1H3,(H,22,23,25)/t15-/m0/s1. The Labute approximate surface area is 179 Å². The second kappa shape index (κ2) is 9.82. The third-order valence-corrected chi connectivity index (χ3v) is 6.63. The number of carbonyl (C=O) groups is 2. The molecule has 0 aliphatic carbocycles. The summed E-state index contributed by atoms with van der Waals surface area (Å²) < 4.78 is 16.1. The lowest BCUT2D eigenvalue weighted by molar-refractivity contribution is -0.117. The molecule has 0 bridgehead atoms. The third kappa shape index (κ3) is 4.80. The summed E-state index contributed by atoms with van der Waals surface area (Å²) >= 11 is 1.22. The van der Waals surface area contributed by atoms with Crippen molar-refractivity contribution in [2.75, 3.05) is 45.3 Å². The van der Waals surface area contributed by atoms with Gasteiger partial charge in [-0.15, -0.1) is 0 Å². The Morgan fingerprint density at radius 2 is 2.17 bits per heavy atom. The first-order chi connectivity index (χ1) is 14.7. The molecule has 8 nitrogen and oxygen atoms in total. The van der Waals surface area contributed by atoms with E-state index >= 15 is 0 Å². The Bertz CT molecular complexity index is 860. The number of ether oxygens (including phenoxy) is 2. The Morgan fingerprint density at radius 3 is 2.90 bits per heavy atom. The Morgan fingerprint density at radius 1 is 1.33 bits per heavy atom. The highest BCUT2D eigenvalue weighted by Gasteiger charge is 2.30. The maximum absolute atomic E-state index is 13.1. The van der Waals surface area contributed by atoms with Gasteiger partial charge in [0.05, 0.1) is 19.4 Å². The van der Waals surface area contributed by atoms with E-state index in [2.05, 4.69) is 15.2 Å². The molecule has 9 heteroatoms. The molecule has 4 heterocycles. The summed E-state index contributed by atoms with van der Waals surface area (Å²) in [6.07, 6.45) is 5.05. The van der Waals surface area contributed by atoms with Crippen LogP contribution in [-0.4, -0.2) is 67.6 Å². The van der Waals surface area contributed by atoms with E-state index < -0.39 is 0 Å². The number of carbonyl (C=O) groups excluding carboxylic acids is 2. The molecule has 1 amide bonds. The zero-order chi connectivity index (χ0) is 20.9. The number of thiazole rings is 1. The van der Waals surface area contributed by atoms with Crippen LogP contribution in [0.15, 0.2) is 22.8 Å². The van der Waals surface area contributed by atoms with Gasteiger partial charge in [-0.05, 0) is 44.4 Å². The summed E-state index contributed by atoms with van der Waals surface area (Å²) in [5.74, 6) is 0.350. The molecule has 0 radical (unpaired) electrons. The van der Waals surface area contributed by atoms with E-state index in [0.717, 1.165) is 19.4 Å². The first-order valence-corrected chi connectivity index (χ1v) is 11.2. The molecule has 2 aromatic rings. The van der Waals surface area contributed by atoms with E-state index in [1.54, 1.807) is 25.5 Å². The Kier molecular flexibility index (Phi) is 6.93. The maximum Gasteiger partial charge on any atom is 0.240 e. The van der Waals surface area contributed by atoms with Crippen molar-refractivity contribution in [3.63, 3.8) is 0 Å². The highest BCUT2D eigenvalue weighted by atomic mass is 32.1. The van der Waals surface area contributed by atoms with Crippen LogP contribution < -0.4 is 5.32 Å². The zero-order valence-corrected chi connectivity index (χ0v) is 17.9. The van der Waals surface area contributed by atoms with Crippen LogP contribution >= 0.6 is 11.3 Å². The lowest BCUT2D eigenvalue weighted by Gasteiger charge is -2.22. The number of anilines is 1. The van der Waals surface area contributed by atoms with Crippen LogP contribution in [0.25, 0.3) is 11.5 Å². The number of nitrogens with zero attached hydrogens (tertiary/aromatic N) is 2. The Balaban J connectivity index is 1.49. The van der Waals surface area contributed by atoms with Crippen LogP contribution in [-0.2, 0) is 14.3 Å². The third-order valence-electron chi connectivity index (χ3n) is 5.65. The first kappa shape index (κ1) is 21.2. The summed E-state index contributed by atoms with van der Waals surface area (Å²) in [5, 5.41) is 3.30. The van der Waals surface area contributed by atoms with E-state index in [9.17, 15) is 9.59 Å². The van der Waals surface area contributed by atoms with Gasteiger partial charge in [0.2, 0.25) is 5.91 Å².